The fourth-order valence-corrected chi connectivity index (χ4v) is 2.73. The minimum atomic E-state index is -3.71. The molecule has 5 heteroatoms. The minimum Gasteiger partial charge on any atom is -0.489 e. The highest BCUT2D eigenvalue weighted by molar-refractivity contribution is 7.89. The minimum absolute atomic E-state index is 0.0537. The lowest BCUT2D eigenvalue weighted by Crippen LogP contribution is -2.16. The summed E-state index contributed by atoms with van der Waals surface area (Å²) in [6.45, 7) is 8.04. The Bertz CT molecular complexity index is 575. The third-order valence-corrected chi connectivity index (χ3v) is 3.77. The fraction of sp³-hybridized carbons (Fsp3) is 0.429. The van der Waals surface area contributed by atoms with Gasteiger partial charge in [0.25, 0.3) is 0 Å². The monoisotopic (exact) mass is 283 g/mol. The van der Waals surface area contributed by atoms with Gasteiger partial charge in [-0.2, -0.15) is 0 Å². The van der Waals surface area contributed by atoms with Gasteiger partial charge in [0.2, 0.25) is 10.0 Å². The van der Waals surface area contributed by atoms with Crippen LogP contribution in [0.1, 0.15) is 37.8 Å². The van der Waals surface area contributed by atoms with Crippen molar-refractivity contribution in [2.45, 2.75) is 38.5 Å². The molecular weight excluding hydrogens is 262 g/mol. The predicted octanol–water partition coefficient (Wildman–Crippen LogP) is 2.72. The van der Waals surface area contributed by atoms with Gasteiger partial charge in [0.15, 0.2) is 0 Å². The van der Waals surface area contributed by atoms with Gasteiger partial charge in [-0.05, 0) is 43.0 Å². The molecule has 0 atom stereocenters. The number of hydrogen-bond acceptors (Lipinski definition) is 3. The van der Waals surface area contributed by atoms with Crippen LogP contribution in [0.5, 0.6) is 5.75 Å². The number of benzene rings is 1. The van der Waals surface area contributed by atoms with Crippen LogP contribution in [0.2, 0.25) is 0 Å². The van der Waals surface area contributed by atoms with Crippen LogP contribution in [0.3, 0.4) is 0 Å². The molecule has 0 radical (unpaired) electrons. The molecule has 4 nitrogen and oxygen atoms in total. The highest BCUT2D eigenvalue weighted by atomic mass is 32.2. The van der Waals surface area contributed by atoms with Gasteiger partial charge in [-0.1, -0.05) is 26.0 Å². The number of allylic oxidation sites excluding steroid dienone is 1. The number of ether oxygens (including phenoxy) is 1. The fourth-order valence-electron chi connectivity index (χ4n) is 1.76. The Labute approximate surface area is 115 Å². The van der Waals surface area contributed by atoms with Crippen molar-refractivity contribution in [3.05, 3.63) is 35.4 Å². The smallest absolute Gasteiger partial charge is 0.238 e. The first-order valence-electron chi connectivity index (χ1n) is 6.18. The Morgan fingerprint density at radius 1 is 1.37 bits per heavy atom. The quantitative estimate of drug-likeness (QED) is 0.845. The van der Waals surface area contributed by atoms with Gasteiger partial charge < -0.3 is 4.74 Å². The second-order valence-electron chi connectivity index (χ2n) is 4.74. The molecule has 2 N–H and O–H groups in total. The van der Waals surface area contributed by atoms with E-state index >= 15 is 0 Å². The van der Waals surface area contributed by atoms with E-state index in [1.165, 1.54) is 0 Å². The molecule has 0 aliphatic carbocycles. The summed E-state index contributed by atoms with van der Waals surface area (Å²) in [6.07, 6.45) is 3.79. The molecular formula is C14H21NO3S. The Balaban J connectivity index is 3.29. The standard InChI is InChI=1S/C14H21NO3S/c1-5-6-7-18-13-9-12(10(2)3)14(8-11(13)4)19(15,16)17/h5-6,8-10H,7H2,1-4H3,(H2,15,16,17)/b6-5+. The molecule has 0 saturated heterocycles. The molecule has 0 aliphatic heterocycles. The van der Waals surface area contributed by atoms with Gasteiger partial charge >= 0.3 is 0 Å². The van der Waals surface area contributed by atoms with Crippen LogP contribution in [0.4, 0.5) is 0 Å². The SMILES string of the molecule is C/C=C/COc1cc(C(C)C)c(S(N)(=O)=O)cc1C. The van der Waals surface area contributed by atoms with E-state index in [1.807, 2.05) is 39.8 Å². The Kier molecular flexibility index (Phi) is 5.14. The number of aryl methyl sites for hydroxylation is 1. The van der Waals surface area contributed by atoms with Gasteiger partial charge in [0, 0.05) is 0 Å². The van der Waals surface area contributed by atoms with E-state index in [0.717, 1.165) is 5.56 Å². The summed E-state index contributed by atoms with van der Waals surface area (Å²) in [5.41, 5.74) is 1.45. The molecule has 0 heterocycles. The summed E-state index contributed by atoms with van der Waals surface area (Å²) in [5.74, 6) is 0.743. The molecule has 1 rings (SSSR count). The highest BCUT2D eigenvalue weighted by Crippen LogP contribution is 2.30. The zero-order valence-electron chi connectivity index (χ0n) is 11.8. The molecule has 0 spiro atoms. The molecule has 0 fully saturated rings. The molecule has 0 saturated carbocycles. The van der Waals surface area contributed by atoms with E-state index < -0.39 is 10.0 Å². The van der Waals surface area contributed by atoms with Crippen LogP contribution in [-0.2, 0) is 10.0 Å². The number of primary sulfonamides is 1. The normalized spacial score (nSPS) is 12.3. The van der Waals surface area contributed by atoms with Crippen molar-refractivity contribution in [2.75, 3.05) is 6.61 Å². The molecule has 0 unspecified atom stereocenters. The molecule has 0 bridgehead atoms. The summed E-state index contributed by atoms with van der Waals surface area (Å²) >= 11 is 0. The lowest BCUT2D eigenvalue weighted by molar-refractivity contribution is 0.359. The average molecular weight is 283 g/mol. The van der Waals surface area contributed by atoms with Crippen LogP contribution < -0.4 is 9.88 Å². The van der Waals surface area contributed by atoms with Crippen molar-refractivity contribution in [3.8, 4) is 5.75 Å². The zero-order chi connectivity index (χ0) is 14.6. The number of hydrogen-bond donors (Lipinski definition) is 1. The van der Waals surface area contributed by atoms with Crippen molar-refractivity contribution < 1.29 is 13.2 Å². The van der Waals surface area contributed by atoms with Crippen molar-refractivity contribution in [3.63, 3.8) is 0 Å². The van der Waals surface area contributed by atoms with Crippen LogP contribution in [0, 0.1) is 6.92 Å². The molecule has 19 heavy (non-hydrogen) atoms. The van der Waals surface area contributed by atoms with E-state index in [-0.39, 0.29) is 10.8 Å². The van der Waals surface area contributed by atoms with E-state index in [0.29, 0.717) is 17.9 Å². The molecule has 1 aromatic rings. The second-order valence-corrected chi connectivity index (χ2v) is 6.27. The topological polar surface area (TPSA) is 69.4 Å². The van der Waals surface area contributed by atoms with Crippen molar-refractivity contribution >= 4 is 10.0 Å². The Morgan fingerprint density at radius 2 is 2.00 bits per heavy atom. The Morgan fingerprint density at radius 3 is 2.47 bits per heavy atom. The summed E-state index contributed by atoms with van der Waals surface area (Å²) < 4.78 is 28.8. The largest absolute Gasteiger partial charge is 0.489 e. The van der Waals surface area contributed by atoms with Crippen LogP contribution >= 0.6 is 0 Å². The third-order valence-electron chi connectivity index (χ3n) is 2.81. The van der Waals surface area contributed by atoms with Gasteiger partial charge in [0.05, 0.1) is 4.90 Å². The highest BCUT2D eigenvalue weighted by Gasteiger charge is 2.18. The maximum atomic E-state index is 11.6. The van der Waals surface area contributed by atoms with Crippen LogP contribution in [0.25, 0.3) is 0 Å². The van der Waals surface area contributed by atoms with E-state index in [4.69, 9.17) is 9.88 Å². The van der Waals surface area contributed by atoms with E-state index in [9.17, 15) is 8.42 Å². The first-order valence-corrected chi connectivity index (χ1v) is 7.73. The van der Waals surface area contributed by atoms with Crippen molar-refractivity contribution in [1.29, 1.82) is 0 Å². The van der Waals surface area contributed by atoms with E-state index in [2.05, 4.69) is 0 Å². The lowest BCUT2D eigenvalue weighted by atomic mass is 10.0. The first-order chi connectivity index (χ1) is 8.77. The van der Waals surface area contributed by atoms with Crippen molar-refractivity contribution in [2.24, 2.45) is 5.14 Å². The van der Waals surface area contributed by atoms with Crippen LogP contribution in [-0.4, -0.2) is 15.0 Å². The molecule has 1 aromatic carbocycles. The molecule has 0 aliphatic rings. The maximum absolute atomic E-state index is 11.6. The first kappa shape index (κ1) is 15.7. The summed E-state index contributed by atoms with van der Waals surface area (Å²) in [6, 6.07) is 3.35. The number of nitrogens with two attached hydrogens (primary N) is 1. The predicted molar refractivity (Wildman–Crippen MR) is 77.0 cm³/mol. The third kappa shape index (κ3) is 4.08. The average Bonchev–Trinajstić information content (AvgIpc) is 2.29. The molecule has 0 amide bonds. The van der Waals surface area contributed by atoms with Gasteiger partial charge in [0.1, 0.15) is 12.4 Å². The summed E-state index contributed by atoms with van der Waals surface area (Å²) in [5, 5.41) is 5.26. The summed E-state index contributed by atoms with van der Waals surface area (Å²) in [7, 11) is -3.71. The maximum Gasteiger partial charge on any atom is 0.238 e. The molecule has 106 valence electrons. The number of sulfonamides is 1. The lowest BCUT2D eigenvalue weighted by Gasteiger charge is -2.16. The summed E-state index contributed by atoms with van der Waals surface area (Å²) in [4.78, 5) is 0.179. The molecule has 0 aromatic heterocycles. The van der Waals surface area contributed by atoms with E-state index in [1.54, 1.807) is 12.1 Å². The zero-order valence-corrected chi connectivity index (χ0v) is 12.6. The van der Waals surface area contributed by atoms with Crippen LogP contribution in [0.15, 0.2) is 29.2 Å². The van der Waals surface area contributed by atoms with Gasteiger partial charge in [-0.3, -0.25) is 0 Å². The second kappa shape index (κ2) is 6.21. The van der Waals surface area contributed by atoms with Gasteiger partial charge in [-0.15, -0.1) is 0 Å². The Hall–Kier alpha value is -1.33. The number of rotatable bonds is 5. The van der Waals surface area contributed by atoms with Crippen molar-refractivity contribution in [1.82, 2.24) is 0 Å². The van der Waals surface area contributed by atoms with Gasteiger partial charge in [-0.25, -0.2) is 13.6 Å².